The van der Waals surface area contributed by atoms with Crippen molar-refractivity contribution in [2.45, 2.75) is 24.7 Å². The topological polar surface area (TPSA) is 16.4 Å². The Morgan fingerprint density at radius 3 is 1.62 bits per heavy atom. The first-order valence-corrected chi connectivity index (χ1v) is 22.4. The molecule has 0 radical (unpaired) electrons. The van der Waals surface area contributed by atoms with Crippen molar-refractivity contribution in [1.29, 1.82) is 0 Å². The number of anilines is 3. The smallest absolute Gasteiger partial charge is 0.143 e. The van der Waals surface area contributed by atoms with Gasteiger partial charge in [-0.2, -0.15) is 0 Å². The molecule has 2 heteroatoms. The molecule has 0 saturated heterocycles. The summed E-state index contributed by atoms with van der Waals surface area (Å²) in [5.41, 5.74) is 10.5. The van der Waals surface area contributed by atoms with E-state index in [4.69, 9.17) is 4.42 Å². The predicted molar refractivity (Wildman–Crippen MR) is 274 cm³/mol. The number of hydrogen-bond donors (Lipinski definition) is 0. The highest BCUT2D eigenvalue weighted by molar-refractivity contribution is 6.09. The van der Waals surface area contributed by atoms with Gasteiger partial charge in [0.05, 0.1) is 16.4 Å². The molecule has 0 aliphatic heterocycles. The van der Waals surface area contributed by atoms with Gasteiger partial charge in [-0.05, 0) is 115 Å². The van der Waals surface area contributed by atoms with E-state index >= 15 is 0 Å². The Bertz CT molecular complexity index is 4070. The predicted octanol–water partition coefficient (Wildman–Crippen LogP) is 17.1. The largest absolute Gasteiger partial charge is 0.455 e. The average Bonchev–Trinajstić information content (AvgIpc) is 4.06. The minimum Gasteiger partial charge on any atom is -0.455 e. The number of fused-ring (bicyclic) bond motifs is 9. The molecule has 2 aliphatic carbocycles. The van der Waals surface area contributed by atoms with Gasteiger partial charge in [-0.1, -0.05) is 208 Å². The third-order valence-electron chi connectivity index (χ3n) is 13.9. The van der Waals surface area contributed by atoms with Crippen LogP contribution in [0.15, 0.2) is 241 Å². The molecule has 0 fully saturated rings. The van der Waals surface area contributed by atoms with Crippen LogP contribution in [0.2, 0.25) is 0 Å². The first-order valence-electron chi connectivity index (χ1n) is 26.4. The summed E-state index contributed by atoms with van der Waals surface area (Å²) in [6, 6.07) is 58.4. The van der Waals surface area contributed by atoms with Gasteiger partial charge >= 0.3 is 0 Å². The van der Waals surface area contributed by atoms with Gasteiger partial charge in [0, 0.05) is 38.8 Å². The fraction of sp³-hybridized carbons (Fsp3) is 0.0625. The first-order chi connectivity index (χ1) is 35.8. The molecule has 13 rings (SSSR count). The van der Waals surface area contributed by atoms with E-state index in [0.29, 0.717) is 28.0 Å². The van der Waals surface area contributed by atoms with Crippen LogP contribution in [-0.4, -0.2) is 0 Å². The lowest BCUT2D eigenvalue weighted by atomic mass is 9.67. The van der Waals surface area contributed by atoms with Crippen molar-refractivity contribution in [3.63, 3.8) is 0 Å². The van der Waals surface area contributed by atoms with Crippen LogP contribution in [0.1, 0.15) is 58.2 Å². The maximum atomic E-state index is 10.1. The number of benzene rings is 10. The third-order valence-corrected chi connectivity index (χ3v) is 13.9. The summed E-state index contributed by atoms with van der Waals surface area (Å²) in [5, 5.41) is 1.61. The van der Waals surface area contributed by atoms with E-state index in [1.807, 2.05) is 133 Å². The molecule has 0 bridgehead atoms. The van der Waals surface area contributed by atoms with E-state index in [1.165, 1.54) is 4.90 Å². The van der Waals surface area contributed by atoms with Crippen molar-refractivity contribution >= 4 is 39.0 Å². The van der Waals surface area contributed by atoms with Gasteiger partial charge in [0.25, 0.3) is 0 Å². The Morgan fingerprint density at radius 1 is 0.394 bits per heavy atom. The quantitative estimate of drug-likeness (QED) is 0.159. The van der Waals surface area contributed by atoms with Crippen molar-refractivity contribution < 1.29 is 15.4 Å². The van der Waals surface area contributed by atoms with Gasteiger partial charge in [0.15, 0.2) is 0 Å². The first kappa shape index (κ1) is 30.8. The molecule has 2 nitrogen and oxygen atoms in total. The Hall–Kier alpha value is -8.20. The summed E-state index contributed by atoms with van der Waals surface area (Å²) in [5.74, 6) is 0. The van der Waals surface area contributed by atoms with E-state index < -0.39 is 35.0 Å². The van der Waals surface area contributed by atoms with E-state index in [0.717, 1.165) is 66.4 Å². The van der Waals surface area contributed by atoms with E-state index in [-0.39, 0.29) is 46.7 Å². The molecule has 66 heavy (non-hydrogen) atoms. The van der Waals surface area contributed by atoms with Crippen molar-refractivity contribution in [2.24, 2.45) is 0 Å². The van der Waals surface area contributed by atoms with Crippen LogP contribution in [0.25, 0.3) is 66.4 Å². The van der Waals surface area contributed by atoms with Crippen LogP contribution < -0.4 is 4.90 Å². The zero-order valence-corrected chi connectivity index (χ0v) is 36.3. The molecule has 312 valence electrons. The fourth-order valence-corrected chi connectivity index (χ4v) is 11.0. The normalized spacial score (nSPS) is 15.5. The molecule has 2 aliphatic rings. The van der Waals surface area contributed by atoms with Gasteiger partial charge in [0.2, 0.25) is 0 Å². The van der Waals surface area contributed by atoms with Crippen LogP contribution in [0.4, 0.5) is 17.1 Å². The maximum Gasteiger partial charge on any atom is 0.143 e. The minimum absolute atomic E-state index is 0.0287. The Morgan fingerprint density at radius 2 is 0.909 bits per heavy atom. The molecular weight excluding hydrogens is 799 g/mol. The molecular formula is C64H45NO. The standard InChI is InChI=1S/C64H45NO/c1-63(2)56-27-12-10-23-55(56)61-49(24-16-29-58(61)63)42-31-35-46(36-32-42)65(47-37-33-43(34-38-47)50-25-15-26-54-53-22-11-14-30-60(53)66-62(50)54)48-39-40-52-51-21-9-13-28-57(51)64(59(52)41-48,44-17-5-3-6-18-44)45-19-7-4-8-20-45/h3-41H,1-2H3/i31D,32D,33D,34D,35D,36D,37D,38D. The second-order valence-corrected chi connectivity index (χ2v) is 17.7. The van der Waals surface area contributed by atoms with E-state index in [2.05, 4.69) is 62.4 Å². The van der Waals surface area contributed by atoms with E-state index in [9.17, 15) is 11.0 Å². The van der Waals surface area contributed by atoms with Gasteiger partial charge in [-0.3, -0.25) is 0 Å². The van der Waals surface area contributed by atoms with Crippen LogP contribution in [0.5, 0.6) is 0 Å². The summed E-state index contributed by atoms with van der Waals surface area (Å²) in [6.07, 6.45) is 0. The Labute approximate surface area is 396 Å². The van der Waals surface area contributed by atoms with Crippen LogP contribution in [0.3, 0.4) is 0 Å². The molecule has 10 aromatic carbocycles. The monoisotopic (exact) mass is 851 g/mol. The fourth-order valence-electron chi connectivity index (χ4n) is 11.0. The second-order valence-electron chi connectivity index (χ2n) is 17.7. The molecule has 0 N–H and O–H groups in total. The van der Waals surface area contributed by atoms with Crippen molar-refractivity contribution in [2.75, 3.05) is 4.90 Å². The van der Waals surface area contributed by atoms with Gasteiger partial charge < -0.3 is 9.32 Å². The lowest BCUT2D eigenvalue weighted by Gasteiger charge is -2.35. The lowest BCUT2D eigenvalue weighted by molar-refractivity contribution is 0.660. The van der Waals surface area contributed by atoms with Crippen molar-refractivity contribution in [3.05, 3.63) is 270 Å². The molecule has 0 amide bonds. The summed E-state index contributed by atoms with van der Waals surface area (Å²) in [6.45, 7) is 4.30. The summed E-state index contributed by atoms with van der Waals surface area (Å²) in [7, 11) is 0. The number of rotatable bonds is 7. The highest BCUT2D eigenvalue weighted by atomic mass is 16.3. The zero-order chi connectivity index (χ0) is 50.9. The Kier molecular flexibility index (Phi) is 6.85. The van der Waals surface area contributed by atoms with Crippen molar-refractivity contribution in [1.82, 2.24) is 0 Å². The van der Waals surface area contributed by atoms with Crippen LogP contribution in [0, 0.1) is 0 Å². The van der Waals surface area contributed by atoms with E-state index in [1.54, 1.807) is 6.07 Å². The number of para-hydroxylation sites is 2. The van der Waals surface area contributed by atoms with Crippen LogP contribution >= 0.6 is 0 Å². The molecule has 1 heterocycles. The van der Waals surface area contributed by atoms with Gasteiger partial charge in [-0.25, -0.2) is 0 Å². The second kappa shape index (κ2) is 14.7. The molecule has 0 spiro atoms. The lowest BCUT2D eigenvalue weighted by Crippen LogP contribution is -2.28. The summed E-state index contributed by atoms with van der Waals surface area (Å²) < 4.78 is 86.1. The number of nitrogens with zero attached hydrogens (tertiary/aromatic N) is 1. The third kappa shape index (κ3) is 5.55. The SMILES string of the molecule is [2H]c1c([2H])c(N(c2ccc3c(c2)C(c2ccccc2)(c2ccccc2)c2ccccc2-3)c2c([2H])c([2H])c(-c3cccc4c3oc3ccccc34)c([2H])c2[2H])c([2H])c([2H])c1-c1cccc2c1-c1ccccc1C2(C)C. The van der Waals surface area contributed by atoms with Gasteiger partial charge in [-0.15, -0.1) is 0 Å². The highest BCUT2D eigenvalue weighted by Crippen LogP contribution is 2.58. The highest BCUT2D eigenvalue weighted by Gasteiger charge is 2.46. The number of hydrogen-bond acceptors (Lipinski definition) is 2. The molecule has 11 aromatic rings. The zero-order valence-electron chi connectivity index (χ0n) is 44.3. The van der Waals surface area contributed by atoms with Gasteiger partial charge in [0.1, 0.15) is 11.2 Å². The Balaban J connectivity index is 1.11. The molecule has 0 saturated carbocycles. The average molecular weight is 852 g/mol. The summed E-state index contributed by atoms with van der Waals surface area (Å²) in [4.78, 5) is 1.43. The molecule has 0 atom stereocenters. The molecule has 0 unspecified atom stereocenters. The minimum atomic E-state index is -0.892. The maximum absolute atomic E-state index is 10.1. The number of furan rings is 1. The van der Waals surface area contributed by atoms with Crippen molar-refractivity contribution in [3.8, 4) is 44.5 Å². The summed E-state index contributed by atoms with van der Waals surface area (Å²) >= 11 is 0. The van der Waals surface area contributed by atoms with Crippen LogP contribution in [-0.2, 0) is 10.8 Å². The molecule has 1 aromatic heterocycles.